The number of hydrogen-bond donors (Lipinski definition) is 2. The molecule has 1 aromatic heterocycles. The SMILES string of the molecule is CCOC(=O)CCNC(=O)c1ccc([C@@H](Nc2nc3ccccc3cc2C)C2CC(C)(C)C2)cc1. The van der Waals surface area contributed by atoms with Gasteiger partial charge in [0.1, 0.15) is 5.82 Å². The number of carbonyl (C=O) groups is 2. The third-order valence-electron chi connectivity index (χ3n) is 6.76. The first-order valence-electron chi connectivity index (χ1n) is 12.4. The van der Waals surface area contributed by atoms with Crippen LogP contribution in [-0.2, 0) is 9.53 Å². The summed E-state index contributed by atoms with van der Waals surface area (Å²) >= 11 is 0. The molecule has 6 nitrogen and oxygen atoms in total. The number of nitrogens with zero attached hydrogens (tertiary/aromatic N) is 1. The zero-order chi connectivity index (χ0) is 25.0. The Kier molecular flexibility index (Phi) is 7.39. The van der Waals surface area contributed by atoms with Crippen LogP contribution in [0.4, 0.5) is 5.82 Å². The highest BCUT2D eigenvalue weighted by Gasteiger charge is 2.41. The second-order valence-corrected chi connectivity index (χ2v) is 10.2. The van der Waals surface area contributed by atoms with E-state index in [0.29, 0.717) is 23.5 Å². The van der Waals surface area contributed by atoms with Gasteiger partial charge in [-0.25, -0.2) is 4.98 Å². The Balaban J connectivity index is 1.50. The van der Waals surface area contributed by atoms with Gasteiger partial charge in [-0.3, -0.25) is 9.59 Å². The molecule has 3 aromatic rings. The Morgan fingerprint density at radius 3 is 2.51 bits per heavy atom. The van der Waals surface area contributed by atoms with Crippen LogP contribution in [0, 0.1) is 18.3 Å². The molecule has 1 heterocycles. The summed E-state index contributed by atoms with van der Waals surface area (Å²) in [6.45, 7) is 9.08. The van der Waals surface area contributed by atoms with Crippen LogP contribution >= 0.6 is 0 Å². The second-order valence-electron chi connectivity index (χ2n) is 10.2. The molecule has 1 fully saturated rings. The predicted molar refractivity (Wildman–Crippen MR) is 139 cm³/mol. The summed E-state index contributed by atoms with van der Waals surface area (Å²) in [5.41, 5.74) is 4.15. The first-order chi connectivity index (χ1) is 16.8. The van der Waals surface area contributed by atoms with Crippen molar-refractivity contribution >= 4 is 28.6 Å². The van der Waals surface area contributed by atoms with E-state index < -0.39 is 0 Å². The molecule has 0 aliphatic heterocycles. The minimum atomic E-state index is -0.307. The van der Waals surface area contributed by atoms with Crippen molar-refractivity contribution in [1.82, 2.24) is 10.3 Å². The van der Waals surface area contributed by atoms with Crippen molar-refractivity contribution in [1.29, 1.82) is 0 Å². The van der Waals surface area contributed by atoms with Crippen LogP contribution < -0.4 is 10.6 Å². The van der Waals surface area contributed by atoms with Crippen LogP contribution in [0.3, 0.4) is 0 Å². The van der Waals surface area contributed by atoms with E-state index in [9.17, 15) is 9.59 Å². The summed E-state index contributed by atoms with van der Waals surface area (Å²) in [6, 6.07) is 18.2. The van der Waals surface area contributed by atoms with E-state index in [1.54, 1.807) is 6.92 Å². The molecule has 1 atom stereocenters. The summed E-state index contributed by atoms with van der Waals surface area (Å²) in [5, 5.41) is 7.67. The first-order valence-corrected chi connectivity index (χ1v) is 12.4. The van der Waals surface area contributed by atoms with Crippen molar-refractivity contribution in [2.24, 2.45) is 11.3 Å². The number of pyridine rings is 1. The highest BCUT2D eigenvalue weighted by atomic mass is 16.5. The molecule has 1 amide bonds. The van der Waals surface area contributed by atoms with Crippen LogP contribution in [0.1, 0.15) is 67.6 Å². The van der Waals surface area contributed by atoms with E-state index in [1.165, 1.54) is 0 Å². The van der Waals surface area contributed by atoms with Gasteiger partial charge in [0.15, 0.2) is 0 Å². The van der Waals surface area contributed by atoms with Crippen molar-refractivity contribution in [2.75, 3.05) is 18.5 Å². The van der Waals surface area contributed by atoms with E-state index >= 15 is 0 Å². The van der Waals surface area contributed by atoms with Gasteiger partial charge >= 0.3 is 5.97 Å². The van der Waals surface area contributed by atoms with Crippen LogP contribution in [-0.4, -0.2) is 30.0 Å². The fraction of sp³-hybridized carbons (Fsp3) is 0.414. The number of esters is 1. The number of fused-ring (bicyclic) bond motifs is 1. The molecular formula is C29H35N3O3. The van der Waals surface area contributed by atoms with Gasteiger partial charge in [0.05, 0.1) is 24.6 Å². The number of anilines is 1. The van der Waals surface area contributed by atoms with Crippen LogP contribution in [0.2, 0.25) is 0 Å². The molecule has 1 aliphatic carbocycles. The van der Waals surface area contributed by atoms with Crippen molar-refractivity contribution in [2.45, 2.75) is 53.0 Å². The number of amides is 1. The number of hydrogen-bond acceptors (Lipinski definition) is 5. The Morgan fingerprint density at radius 2 is 1.83 bits per heavy atom. The quantitative estimate of drug-likeness (QED) is 0.383. The van der Waals surface area contributed by atoms with Gasteiger partial charge in [0.2, 0.25) is 0 Å². The number of para-hydroxylation sites is 1. The van der Waals surface area contributed by atoms with Gasteiger partial charge in [-0.15, -0.1) is 0 Å². The summed E-state index contributed by atoms with van der Waals surface area (Å²) in [4.78, 5) is 28.9. The zero-order valence-corrected chi connectivity index (χ0v) is 21.1. The van der Waals surface area contributed by atoms with Gasteiger partial charge in [-0.2, -0.15) is 0 Å². The standard InChI is InChI=1S/C29H35N3O3/c1-5-35-25(33)14-15-30-28(34)21-12-10-20(11-13-21)26(23-17-29(3,4)18-23)32-27-19(2)16-22-8-6-7-9-24(22)31-27/h6-13,16,23,26H,5,14-15,17-18H2,1-4H3,(H,30,34)(H,31,32)/t26-/m1/s1. The second kappa shape index (κ2) is 10.5. The third kappa shape index (κ3) is 5.99. The van der Waals surface area contributed by atoms with E-state index in [1.807, 2.05) is 42.5 Å². The predicted octanol–water partition coefficient (Wildman–Crippen LogP) is 5.82. The molecular weight excluding hydrogens is 438 g/mol. The van der Waals surface area contributed by atoms with Crippen molar-refractivity contribution in [3.05, 3.63) is 71.3 Å². The molecule has 0 unspecified atom stereocenters. The van der Waals surface area contributed by atoms with E-state index in [0.717, 1.165) is 40.7 Å². The lowest BCUT2D eigenvalue weighted by Gasteiger charge is -2.47. The lowest BCUT2D eigenvalue weighted by atomic mass is 9.61. The lowest BCUT2D eigenvalue weighted by Crippen LogP contribution is -2.38. The largest absolute Gasteiger partial charge is 0.466 e. The van der Waals surface area contributed by atoms with E-state index in [4.69, 9.17) is 9.72 Å². The molecule has 1 saturated carbocycles. The minimum Gasteiger partial charge on any atom is -0.466 e. The van der Waals surface area contributed by atoms with Crippen molar-refractivity contribution in [3.8, 4) is 0 Å². The van der Waals surface area contributed by atoms with Crippen molar-refractivity contribution < 1.29 is 14.3 Å². The maximum absolute atomic E-state index is 12.5. The number of nitrogens with one attached hydrogen (secondary N) is 2. The zero-order valence-electron chi connectivity index (χ0n) is 21.1. The number of aromatic nitrogens is 1. The highest BCUT2D eigenvalue weighted by molar-refractivity contribution is 5.94. The Morgan fingerprint density at radius 1 is 1.11 bits per heavy atom. The van der Waals surface area contributed by atoms with Crippen LogP contribution in [0.15, 0.2) is 54.6 Å². The molecule has 6 heteroatoms. The molecule has 0 bridgehead atoms. The maximum Gasteiger partial charge on any atom is 0.307 e. The molecule has 2 aromatic carbocycles. The monoisotopic (exact) mass is 473 g/mol. The molecule has 1 aliphatic rings. The summed E-state index contributed by atoms with van der Waals surface area (Å²) in [5.74, 6) is 0.890. The van der Waals surface area contributed by atoms with E-state index in [-0.39, 0.29) is 30.9 Å². The van der Waals surface area contributed by atoms with Gasteiger partial charge in [0, 0.05) is 17.5 Å². The van der Waals surface area contributed by atoms with Crippen LogP contribution in [0.5, 0.6) is 0 Å². The minimum absolute atomic E-state index is 0.108. The highest BCUT2D eigenvalue weighted by Crippen LogP contribution is 2.51. The number of benzene rings is 2. The smallest absolute Gasteiger partial charge is 0.307 e. The fourth-order valence-corrected chi connectivity index (χ4v) is 5.04. The fourth-order valence-electron chi connectivity index (χ4n) is 5.04. The normalized spacial score (nSPS) is 15.8. The number of ether oxygens (including phenoxy) is 1. The van der Waals surface area contributed by atoms with Crippen LogP contribution in [0.25, 0.3) is 10.9 Å². The first kappa shape index (κ1) is 24.7. The third-order valence-corrected chi connectivity index (χ3v) is 6.76. The Labute approximate surface area is 207 Å². The molecule has 35 heavy (non-hydrogen) atoms. The van der Waals surface area contributed by atoms with Gasteiger partial charge in [0.25, 0.3) is 5.91 Å². The van der Waals surface area contributed by atoms with E-state index in [2.05, 4.69) is 43.5 Å². The average Bonchev–Trinajstić information content (AvgIpc) is 2.81. The Bertz CT molecular complexity index is 1200. The summed E-state index contributed by atoms with van der Waals surface area (Å²) < 4.78 is 4.90. The van der Waals surface area contributed by atoms with Crippen molar-refractivity contribution in [3.63, 3.8) is 0 Å². The molecule has 0 saturated heterocycles. The van der Waals surface area contributed by atoms with Gasteiger partial charge in [-0.05, 0) is 73.4 Å². The summed E-state index contributed by atoms with van der Waals surface area (Å²) in [7, 11) is 0. The molecule has 2 N–H and O–H groups in total. The van der Waals surface area contributed by atoms with Gasteiger partial charge < -0.3 is 15.4 Å². The molecule has 0 spiro atoms. The Hall–Kier alpha value is -3.41. The molecule has 0 radical (unpaired) electrons. The molecule has 4 rings (SSSR count). The number of rotatable bonds is 9. The summed E-state index contributed by atoms with van der Waals surface area (Å²) in [6.07, 6.45) is 2.43. The lowest BCUT2D eigenvalue weighted by molar-refractivity contribution is -0.142. The number of carbonyl (C=O) groups excluding carboxylic acids is 2. The number of aryl methyl sites for hydroxylation is 1. The maximum atomic E-state index is 12.5. The van der Waals surface area contributed by atoms with Gasteiger partial charge in [-0.1, -0.05) is 44.2 Å². The molecule has 184 valence electrons. The topological polar surface area (TPSA) is 80.3 Å². The average molecular weight is 474 g/mol.